The summed E-state index contributed by atoms with van der Waals surface area (Å²) in [6, 6.07) is 11.1. The Morgan fingerprint density at radius 2 is 1.90 bits per heavy atom. The zero-order valence-electron chi connectivity index (χ0n) is 12.6. The second kappa shape index (κ2) is 7.05. The van der Waals surface area contributed by atoms with Crippen molar-refractivity contribution in [2.45, 2.75) is 31.8 Å². The minimum Gasteiger partial charge on any atom is -0.342 e. The molecule has 3 rings (SSSR count). The smallest absolute Gasteiger partial charge is 0.236 e. The van der Waals surface area contributed by atoms with Gasteiger partial charge in [-0.25, -0.2) is 0 Å². The summed E-state index contributed by atoms with van der Waals surface area (Å²) in [5.74, 6) is 0.272. The van der Waals surface area contributed by atoms with Crippen molar-refractivity contribution < 1.29 is 4.79 Å². The topological polar surface area (TPSA) is 35.6 Å². The summed E-state index contributed by atoms with van der Waals surface area (Å²) in [6.45, 7) is 5.58. The Morgan fingerprint density at radius 3 is 2.67 bits per heavy atom. The maximum Gasteiger partial charge on any atom is 0.236 e. The van der Waals surface area contributed by atoms with Crippen molar-refractivity contribution in [3.63, 3.8) is 0 Å². The molecule has 0 saturated carbocycles. The van der Waals surface area contributed by atoms with Gasteiger partial charge in [0.2, 0.25) is 5.91 Å². The first-order valence-corrected chi connectivity index (χ1v) is 8.09. The minimum absolute atomic E-state index is 0.272. The molecule has 1 N–H and O–H groups in total. The molecule has 2 saturated heterocycles. The van der Waals surface area contributed by atoms with E-state index in [-0.39, 0.29) is 5.91 Å². The Bertz CT molecular complexity index is 456. The number of carbonyl (C=O) groups is 1. The second-order valence-corrected chi connectivity index (χ2v) is 6.18. The van der Waals surface area contributed by atoms with Gasteiger partial charge in [-0.1, -0.05) is 30.3 Å². The minimum atomic E-state index is 0.272. The van der Waals surface area contributed by atoms with Gasteiger partial charge in [0.1, 0.15) is 0 Å². The Balaban J connectivity index is 1.39. The number of amides is 1. The third-order valence-corrected chi connectivity index (χ3v) is 4.52. The lowest BCUT2D eigenvalue weighted by Crippen LogP contribution is -2.41. The van der Waals surface area contributed by atoms with Crippen LogP contribution in [-0.2, 0) is 11.3 Å². The Kier molecular flexibility index (Phi) is 4.88. The van der Waals surface area contributed by atoms with Crippen molar-refractivity contribution in [2.75, 3.05) is 32.7 Å². The number of nitrogens with one attached hydrogen (secondary N) is 1. The van der Waals surface area contributed by atoms with Crippen molar-refractivity contribution in [3.8, 4) is 0 Å². The lowest BCUT2D eigenvalue weighted by molar-refractivity contribution is -0.129. The SMILES string of the molecule is O=C(CNC1CCN(Cc2ccccc2)C1)N1CCCC1. The van der Waals surface area contributed by atoms with E-state index in [0.717, 1.165) is 39.1 Å². The van der Waals surface area contributed by atoms with Crippen molar-refractivity contribution in [2.24, 2.45) is 0 Å². The van der Waals surface area contributed by atoms with Gasteiger partial charge in [-0.2, -0.15) is 0 Å². The van der Waals surface area contributed by atoms with E-state index < -0.39 is 0 Å². The zero-order valence-corrected chi connectivity index (χ0v) is 12.6. The van der Waals surface area contributed by atoms with Gasteiger partial charge in [0.05, 0.1) is 6.54 Å². The molecule has 1 unspecified atom stereocenters. The highest BCUT2D eigenvalue weighted by atomic mass is 16.2. The van der Waals surface area contributed by atoms with E-state index >= 15 is 0 Å². The monoisotopic (exact) mass is 287 g/mol. The van der Waals surface area contributed by atoms with Gasteiger partial charge in [-0.3, -0.25) is 9.69 Å². The largest absolute Gasteiger partial charge is 0.342 e. The first-order valence-electron chi connectivity index (χ1n) is 8.09. The number of carbonyl (C=O) groups excluding carboxylic acids is 1. The molecule has 0 aliphatic carbocycles. The molecule has 1 amide bonds. The summed E-state index contributed by atoms with van der Waals surface area (Å²) in [5, 5.41) is 3.44. The number of benzene rings is 1. The molecule has 1 aromatic rings. The number of likely N-dealkylation sites (tertiary alicyclic amines) is 2. The predicted molar refractivity (Wildman–Crippen MR) is 83.9 cm³/mol. The van der Waals surface area contributed by atoms with E-state index in [1.165, 1.54) is 18.4 Å². The van der Waals surface area contributed by atoms with Crippen LogP contribution >= 0.6 is 0 Å². The van der Waals surface area contributed by atoms with Crippen LogP contribution in [0, 0.1) is 0 Å². The molecular formula is C17H25N3O. The second-order valence-electron chi connectivity index (χ2n) is 6.18. The molecule has 114 valence electrons. The summed E-state index contributed by atoms with van der Waals surface area (Å²) in [5.41, 5.74) is 1.37. The van der Waals surface area contributed by atoms with Crippen molar-refractivity contribution in [3.05, 3.63) is 35.9 Å². The van der Waals surface area contributed by atoms with Gasteiger partial charge < -0.3 is 10.2 Å². The van der Waals surface area contributed by atoms with Crippen LogP contribution in [0.5, 0.6) is 0 Å². The van der Waals surface area contributed by atoms with Crippen LogP contribution < -0.4 is 5.32 Å². The Morgan fingerprint density at radius 1 is 1.14 bits per heavy atom. The molecule has 4 nitrogen and oxygen atoms in total. The lowest BCUT2D eigenvalue weighted by atomic mass is 10.2. The summed E-state index contributed by atoms with van der Waals surface area (Å²) >= 11 is 0. The Labute approximate surface area is 127 Å². The van der Waals surface area contributed by atoms with Crippen molar-refractivity contribution >= 4 is 5.91 Å². The van der Waals surface area contributed by atoms with Crippen LogP contribution in [0.4, 0.5) is 0 Å². The van der Waals surface area contributed by atoms with Gasteiger partial charge in [-0.15, -0.1) is 0 Å². The normalized spacial score (nSPS) is 22.9. The van der Waals surface area contributed by atoms with E-state index in [0.29, 0.717) is 12.6 Å². The molecule has 1 aromatic carbocycles. The highest BCUT2D eigenvalue weighted by Crippen LogP contribution is 2.13. The van der Waals surface area contributed by atoms with E-state index in [4.69, 9.17) is 0 Å². The van der Waals surface area contributed by atoms with E-state index in [1.807, 2.05) is 4.90 Å². The number of hydrogen-bond acceptors (Lipinski definition) is 3. The number of rotatable bonds is 5. The lowest BCUT2D eigenvalue weighted by Gasteiger charge is -2.19. The fourth-order valence-corrected chi connectivity index (χ4v) is 3.29. The van der Waals surface area contributed by atoms with Crippen molar-refractivity contribution in [1.29, 1.82) is 0 Å². The first kappa shape index (κ1) is 14.5. The van der Waals surface area contributed by atoms with Gasteiger partial charge in [0.15, 0.2) is 0 Å². The van der Waals surface area contributed by atoms with Gasteiger partial charge in [-0.05, 0) is 24.8 Å². The van der Waals surface area contributed by atoms with Crippen LogP contribution in [0.15, 0.2) is 30.3 Å². The maximum atomic E-state index is 12.0. The Hall–Kier alpha value is -1.39. The van der Waals surface area contributed by atoms with Crippen LogP contribution in [0.25, 0.3) is 0 Å². The van der Waals surface area contributed by atoms with E-state index in [1.54, 1.807) is 0 Å². The average molecular weight is 287 g/mol. The third-order valence-electron chi connectivity index (χ3n) is 4.52. The average Bonchev–Trinajstić information content (AvgIpc) is 3.17. The molecular weight excluding hydrogens is 262 g/mol. The summed E-state index contributed by atoms with van der Waals surface area (Å²) in [4.78, 5) is 16.5. The summed E-state index contributed by atoms with van der Waals surface area (Å²) in [7, 11) is 0. The molecule has 2 heterocycles. The van der Waals surface area contributed by atoms with Crippen molar-refractivity contribution in [1.82, 2.24) is 15.1 Å². The fourth-order valence-electron chi connectivity index (χ4n) is 3.29. The standard InChI is InChI=1S/C17H25N3O/c21-17(20-9-4-5-10-20)12-18-16-8-11-19(14-16)13-15-6-2-1-3-7-15/h1-3,6-7,16,18H,4-5,8-14H2. The molecule has 2 aliphatic rings. The predicted octanol–water partition coefficient (Wildman–Crippen LogP) is 1.47. The molecule has 0 spiro atoms. The molecule has 2 fully saturated rings. The molecule has 1 atom stereocenters. The van der Waals surface area contributed by atoms with Gasteiger partial charge in [0.25, 0.3) is 0 Å². The molecule has 0 radical (unpaired) electrons. The van der Waals surface area contributed by atoms with Crippen LogP contribution in [-0.4, -0.2) is 54.5 Å². The third kappa shape index (κ3) is 4.05. The van der Waals surface area contributed by atoms with E-state index in [2.05, 4.69) is 40.5 Å². The zero-order chi connectivity index (χ0) is 14.5. The van der Waals surface area contributed by atoms with Crippen LogP contribution in [0.1, 0.15) is 24.8 Å². The molecule has 2 aliphatic heterocycles. The molecule has 21 heavy (non-hydrogen) atoms. The highest BCUT2D eigenvalue weighted by Gasteiger charge is 2.24. The van der Waals surface area contributed by atoms with E-state index in [9.17, 15) is 4.79 Å². The van der Waals surface area contributed by atoms with Crippen LogP contribution in [0.3, 0.4) is 0 Å². The molecule has 0 bridgehead atoms. The number of hydrogen-bond donors (Lipinski definition) is 1. The molecule has 0 aromatic heterocycles. The first-order chi connectivity index (χ1) is 10.3. The number of nitrogens with zero attached hydrogens (tertiary/aromatic N) is 2. The maximum absolute atomic E-state index is 12.0. The summed E-state index contributed by atoms with van der Waals surface area (Å²) < 4.78 is 0. The fraction of sp³-hybridized carbons (Fsp3) is 0.588. The quantitative estimate of drug-likeness (QED) is 0.891. The molecule has 4 heteroatoms. The van der Waals surface area contributed by atoms with Crippen LogP contribution in [0.2, 0.25) is 0 Å². The highest BCUT2D eigenvalue weighted by molar-refractivity contribution is 5.78. The summed E-state index contributed by atoms with van der Waals surface area (Å²) in [6.07, 6.45) is 3.47. The van der Waals surface area contributed by atoms with Gasteiger partial charge >= 0.3 is 0 Å². The van der Waals surface area contributed by atoms with Gasteiger partial charge in [0, 0.05) is 38.8 Å².